The number of β-amino-alcohol motifs (C(OH)–C–C–N with tert-alkyl or cyclic N) is 1. The van der Waals surface area contributed by atoms with Crippen molar-refractivity contribution in [2.24, 2.45) is 0 Å². The first-order valence-corrected chi connectivity index (χ1v) is 8.83. The van der Waals surface area contributed by atoms with Gasteiger partial charge in [-0.25, -0.2) is 0 Å². The lowest BCUT2D eigenvalue weighted by atomic mass is 10.1. The number of amides is 1. The summed E-state index contributed by atoms with van der Waals surface area (Å²) in [6, 6.07) is 2.15. The van der Waals surface area contributed by atoms with Gasteiger partial charge in [-0.3, -0.25) is 9.69 Å². The molecule has 0 bridgehead atoms. The number of rotatable bonds is 3. The SMILES string of the molecule is O=C(c1cc2c(s1)CCCCC2)N1CCN(CCO)CC1. The zero-order valence-electron chi connectivity index (χ0n) is 12.5. The molecule has 2 heterocycles. The number of thiophene rings is 1. The maximum atomic E-state index is 12.6. The molecule has 1 N–H and O–H groups in total. The third kappa shape index (κ3) is 3.47. The number of carbonyl (C=O) groups excluding carboxylic acids is 1. The zero-order chi connectivity index (χ0) is 14.7. The van der Waals surface area contributed by atoms with E-state index in [0.717, 1.165) is 50.4 Å². The van der Waals surface area contributed by atoms with Crippen molar-refractivity contribution in [3.8, 4) is 0 Å². The Balaban J connectivity index is 1.63. The van der Waals surface area contributed by atoms with E-state index in [9.17, 15) is 4.79 Å². The summed E-state index contributed by atoms with van der Waals surface area (Å²) in [5.74, 6) is 0.205. The van der Waals surface area contributed by atoms with E-state index in [4.69, 9.17) is 5.11 Å². The Kier molecular flexibility index (Phi) is 4.93. The molecule has 1 aromatic rings. The van der Waals surface area contributed by atoms with Crippen LogP contribution in [0, 0.1) is 0 Å². The quantitative estimate of drug-likeness (QED) is 0.866. The highest BCUT2D eigenvalue weighted by atomic mass is 32.1. The van der Waals surface area contributed by atoms with Crippen molar-refractivity contribution in [1.82, 2.24) is 9.80 Å². The van der Waals surface area contributed by atoms with Gasteiger partial charge in [0.05, 0.1) is 11.5 Å². The van der Waals surface area contributed by atoms with Gasteiger partial charge in [0, 0.05) is 37.6 Å². The number of hydrogen-bond donors (Lipinski definition) is 1. The van der Waals surface area contributed by atoms with Crippen molar-refractivity contribution >= 4 is 17.2 Å². The van der Waals surface area contributed by atoms with Crippen molar-refractivity contribution in [3.05, 3.63) is 21.4 Å². The van der Waals surface area contributed by atoms with Gasteiger partial charge in [0.15, 0.2) is 0 Å². The number of hydrogen-bond acceptors (Lipinski definition) is 4. The molecule has 0 unspecified atom stereocenters. The van der Waals surface area contributed by atoms with Gasteiger partial charge in [0.2, 0.25) is 0 Å². The van der Waals surface area contributed by atoms with Crippen molar-refractivity contribution < 1.29 is 9.90 Å². The molecule has 2 aliphatic rings. The fourth-order valence-corrected chi connectivity index (χ4v) is 4.47. The van der Waals surface area contributed by atoms with Gasteiger partial charge in [-0.15, -0.1) is 11.3 Å². The summed E-state index contributed by atoms with van der Waals surface area (Å²) in [6.07, 6.45) is 6.14. The minimum atomic E-state index is 0.200. The van der Waals surface area contributed by atoms with E-state index >= 15 is 0 Å². The van der Waals surface area contributed by atoms with Crippen LogP contribution in [0.3, 0.4) is 0 Å². The molecule has 21 heavy (non-hydrogen) atoms. The van der Waals surface area contributed by atoms with Gasteiger partial charge < -0.3 is 10.0 Å². The maximum absolute atomic E-state index is 12.6. The number of aryl methyl sites for hydroxylation is 2. The van der Waals surface area contributed by atoms with Gasteiger partial charge in [-0.1, -0.05) is 6.42 Å². The number of aliphatic hydroxyl groups excluding tert-OH is 1. The van der Waals surface area contributed by atoms with Crippen LogP contribution in [0.4, 0.5) is 0 Å². The molecule has 4 nitrogen and oxygen atoms in total. The monoisotopic (exact) mass is 308 g/mol. The molecule has 0 radical (unpaired) electrons. The Bertz CT molecular complexity index is 469. The molecule has 1 amide bonds. The smallest absolute Gasteiger partial charge is 0.264 e. The molecule has 1 saturated heterocycles. The highest BCUT2D eigenvalue weighted by Gasteiger charge is 2.24. The van der Waals surface area contributed by atoms with E-state index in [1.165, 1.54) is 29.7 Å². The molecule has 0 atom stereocenters. The molecule has 1 aliphatic heterocycles. The largest absolute Gasteiger partial charge is 0.395 e. The van der Waals surface area contributed by atoms with Gasteiger partial charge in [-0.05, 0) is 37.3 Å². The Labute approximate surface area is 130 Å². The molecule has 116 valence electrons. The van der Waals surface area contributed by atoms with Crippen LogP contribution in [0.5, 0.6) is 0 Å². The van der Waals surface area contributed by atoms with Crippen molar-refractivity contribution in [1.29, 1.82) is 0 Å². The standard InChI is InChI=1S/C16H24N2O2S/c19-11-10-17-6-8-18(9-7-17)16(20)15-12-13-4-2-1-3-5-14(13)21-15/h12,19H,1-11H2. The predicted molar refractivity (Wildman–Crippen MR) is 85.0 cm³/mol. The first kappa shape index (κ1) is 15.0. The fourth-order valence-electron chi connectivity index (χ4n) is 3.24. The summed E-state index contributed by atoms with van der Waals surface area (Å²) in [5.41, 5.74) is 1.42. The molecule has 5 heteroatoms. The summed E-state index contributed by atoms with van der Waals surface area (Å²) in [7, 11) is 0. The molecular formula is C16H24N2O2S. The average molecular weight is 308 g/mol. The van der Waals surface area contributed by atoms with E-state index in [0.29, 0.717) is 0 Å². The number of carbonyl (C=O) groups is 1. The summed E-state index contributed by atoms with van der Waals surface area (Å²) < 4.78 is 0. The van der Waals surface area contributed by atoms with Crippen LogP contribution in [0.1, 0.15) is 39.4 Å². The van der Waals surface area contributed by atoms with E-state index in [1.807, 2.05) is 4.90 Å². The zero-order valence-corrected chi connectivity index (χ0v) is 13.3. The van der Waals surface area contributed by atoms with Gasteiger partial charge in [-0.2, -0.15) is 0 Å². The van der Waals surface area contributed by atoms with Crippen molar-refractivity contribution in [2.45, 2.75) is 32.1 Å². The van der Waals surface area contributed by atoms with E-state index < -0.39 is 0 Å². The Morgan fingerprint density at radius 3 is 2.67 bits per heavy atom. The molecule has 1 aliphatic carbocycles. The third-order valence-corrected chi connectivity index (χ3v) is 5.76. The lowest BCUT2D eigenvalue weighted by molar-refractivity contribution is 0.0619. The molecule has 3 rings (SSSR count). The second-order valence-electron chi connectivity index (χ2n) is 5.98. The summed E-state index contributed by atoms with van der Waals surface area (Å²) >= 11 is 1.72. The predicted octanol–water partition coefficient (Wildman–Crippen LogP) is 1.77. The van der Waals surface area contributed by atoms with Crippen LogP contribution in [0.2, 0.25) is 0 Å². The van der Waals surface area contributed by atoms with Gasteiger partial charge in [0.25, 0.3) is 5.91 Å². The normalized spacial score (nSPS) is 20.1. The maximum Gasteiger partial charge on any atom is 0.264 e. The second kappa shape index (κ2) is 6.90. The first-order valence-electron chi connectivity index (χ1n) is 8.02. The lowest BCUT2D eigenvalue weighted by Gasteiger charge is -2.34. The highest BCUT2D eigenvalue weighted by molar-refractivity contribution is 7.14. The van der Waals surface area contributed by atoms with Crippen LogP contribution in [-0.4, -0.2) is 60.1 Å². The number of piperazine rings is 1. The second-order valence-corrected chi connectivity index (χ2v) is 7.11. The first-order chi connectivity index (χ1) is 10.3. The van der Waals surface area contributed by atoms with Crippen LogP contribution < -0.4 is 0 Å². The van der Waals surface area contributed by atoms with Crippen LogP contribution in [-0.2, 0) is 12.8 Å². The molecule has 0 spiro atoms. The average Bonchev–Trinajstić information content (AvgIpc) is 2.79. The van der Waals surface area contributed by atoms with E-state index in [1.54, 1.807) is 11.3 Å². The molecule has 1 fully saturated rings. The summed E-state index contributed by atoms with van der Waals surface area (Å²) in [6.45, 7) is 4.22. The Morgan fingerprint density at radius 2 is 1.90 bits per heavy atom. The highest BCUT2D eigenvalue weighted by Crippen LogP contribution is 2.29. The van der Waals surface area contributed by atoms with Crippen molar-refractivity contribution in [2.75, 3.05) is 39.3 Å². The van der Waals surface area contributed by atoms with Crippen LogP contribution in [0.25, 0.3) is 0 Å². The molecule has 0 saturated carbocycles. The van der Waals surface area contributed by atoms with E-state index in [2.05, 4.69) is 11.0 Å². The number of nitrogens with zero attached hydrogens (tertiary/aromatic N) is 2. The molecule has 0 aromatic carbocycles. The Morgan fingerprint density at radius 1 is 1.14 bits per heavy atom. The third-order valence-electron chi connectivity index (χ3n) is 4.53. The topological polar surface area (TPSA) is 43.8 Å². The minimum Gasteiger partial charge on any atom is -0.395 e. The summed E-state index contributed by atoms with van der Waals surface area (Å²) in [5, 5.41) is 8.97. The lowest BCUT2D eigenvalue weighted by Crippen LogP contribution is -2.49. The summed E-state index contributed by atoms with van der Waals surface area (Å²) in [4.78, 5) is 19.2. The van der Waals surface area contributed by atoms with Crippen molar-refractivity contribution in [3.63, 3.8) is 0 Å². The minimum absolute atomic E-state index is 0.200. The van der Waals surface area contributed by atoms with Crippen LogP contribution in [0.15, 0.2) is 6.07 Å². The van der Waals surface area contributed by atoms with Gasteiger partial charge >= 0.3 is 0 Å². The number of fused-ring (bicyclic) bond motifs is 1. The number of aliphatic hydroxyl groups is 1. The van der Waals surface area contributed by atoms with Gasteiger partial charge in [0.1, 0.15) is 0 Å². The molecular weight excluding hydrogens is 284 g/mol. The Hall–Kier alpha value is -0.910. The van der Waals surface area contributed by atoms with Crippen LogP contribution >= 0.6 is 11.3 Å². The molecule has 1 aromatic heterocycles. The fraction of sp³-hybridized carbons (Fsp3) is 0.688. The van der Waals surface area contributed by atoms with E-state index in [-0.39, 0.29) is 12.5 Å².